The molecule has 0 rings (SSSR count). The highest BCUT2D eigenvalue weighted by Gasteiger charge is 2.50. The minimum Gasteiger partial charge on any atom is -0.480 e. The fourth-order valence-electron chi connectivity index (χ4n) is 1.53. The Labute approximate surface area is 127 Å². The van der Waals surface area contributed by atoms with Gasteiger partial charge in [0.15, 0.2) is 0 Å². The van der Waals surface area contributed by atoms with Crippen LogP contribution in [0.1, 0.15) is 27.7 Å². The van der Waals surface area contributed by atoms with Crippen LogP contribution >= 0.6 is 21.6 Å². The summed E-state index contributed by atoms with van der Waals surface area (Å²) in [6.45, 7) is 7.04. The molecule has 0 fully saturated rings. The summed E-state index contributed by atoms with van der Waals surface area (Å²) in [6.07, 6.45) is 0. The van der Waals surface area contributed by atoms with Crippen molar-refractivity contribution in [2.75, 3.05) is 14.1 Å². The van der Waals surface area contributed by atoms with Gasteiger partial charge in [-0.15, -0.1) is 0 Å². The molecule has 0 amide bonds. The molecule has 0 aliphatic rings. The molecule has 6 nitrogen and oxygen atoms in total. The van der Waals surface area contributed by atoms with E-state index < -0.39 is 28.3 Å². The largest absolute Gasteiger partial charge is 0.480 e. The minimum absolute atomic E-state index is 0.322. The third-order valence-electron chi connectivity index (χ3n) is 3.68. The highest BCUT2D eigenvalue weighted by atomic mass is 33.1. The van der Waals surface area contributed by atoms with Crippen LogP contribution in [0.15, 0.2) is 0 Å². The molecule has 0 heterocycles. The third kappa shape index (κ3) is 4.03. The molecule has 0 radical (unpaired) electrons. The monoisotopic (exact) mass is 324 g/mol. The number of hydrogen-bond donors (Lipinski definition) is 3. The Kier molecular flexibility index (Phi) is 6.86. The molecule has 118 valence electrons. The van der Waals surface area contributed by atoms with Crippen molar-refractivity contribution in [3.05, 3.63) is 0 Å². The Morgan fingerprint density at radius 3 is 1.95 bits per heavy atom. The molecule has 0 aromatic rings. The van der Waals surface area contributed by atoms with Crippen molar-refractivity contribution in [2.45, 2.75) is 49.3 Å². The van der Waals surface area contributed by atoms with Crippen LogP contribution < -0.4 is 5.73 Å². The fourth-order valence-corrected chi connectivity index (χ4v) is 4.61. The van der Waals surface area contributed by atoms with E-state index in [1.807, 2.05) is 13.8 Å². The van der Waals surface area contributed by atoms with Crippen molar-refractivity contribution >= 4 is 33.5 Å². The van der Waals surface area contributed by atoms with Gasteiger partial charge < -0.3 is 15.9 Å². The summed E-state index contributed by atoms with van der Waals surface area (Å²) in [5, 5.41) is 18.1. The molecule has 0 aromatic heterocycles. The maximum absolute atomic E-state index is 11.6. The fraction of sp³-hybridized carbons (Fsp3) is 0.833. The number of nitrogens with zero attached hydrogens (tertiary/aromatic N) is 1. The third-order valence-corrected chi connectivity index (χ3v) is 7.64. The molecule has 0 aliphatic carbocycles. The second-order valence-electron chi connectivity index (χ2n) is 5.53. The summed E-state index contributed by atoms with van der Waals surface area (Å²) >= 11 is 0. The molecule has 4 N–H and O–H groups in total. The van der Waals surface area contributed by atoms with Crippen LogP contribution in [0.25, 0.3) is 0 Å². The van der Waals surface area contributed by atoms with Crippen molar-refractivity contribution in [2.24, 2.45) is 5.73 Å². The number of aliphatic carboxylic acids is 2. The van der Waals surface area contributed by atoms with Gasteiger partial charge in [-0.1, -0.05) is 28.5 Å². The van der Waals surface area contributed by atoms with Gasteiger partial charge >= 0.3 is 11.9 Å². The number of rotatable bonds is 8. The van der Waals surface area contributed by atoms with E-state index in [0.717, 1.165) is 0 Å². The van der Waals surface area contributed by atoms with E-state index in [0.29, 0.717) is 0 Å². The highest BCUT2D eigenvalue weighted by molar-refractivity contribution is 8.77. The van der Waals surface area contributed by atoms with Gasteiger partial charge in [0, 0.05) is 10.00 Å². The summed E-state index contributed by atoms with van der Waals surface area (Å²) in [6, 6.07) is -0.973. The lowest BCUT2D eigenvalue weighted by Crippen LogP contribution is -2.60. The number of carboxylic acid groups (broad SMARTS) is 2. The van der Waals surface area contributed by atoms with E-state index in [9.17, 15) is 14.7 Å². The van der Waals surface area contributed by atoms with Gasteiger partial charge in [0.05, 0.1) is 0 Å². The number of nitrogens with two attached hydrogens (primary N) is 1. The SMILES string of the molecule is CC(SSC(C)(C)[C@@](C)(C(=O)O)N(C)C)C(N)C(=O)O. The summed E-state index contributed by atoms with van der Waals surface area (Å²) < 4.78 is -0.639. The van der Waals surface area contributed by atoms with Gasteiger partial charge in [-0.05, 0) is 34.9 Å². The van der Waals surface area contributed by atoms with Crippen molar-refractivity contribution in [1.82, 2.24) is 4.90 Å². The lowest BCUT2D eigenvalue weighted by molar-refractivity contribution is -0.150. The van der Waals surface area contributed by atoms with Crippen LogP contribution in [-0.2, 0) is 9.59 Å². The predicted molar refractivity (Wildman–Crippen MR) is 84.1 cm³/mol. The van der Waals surface area contributed by atoms with Crippen LogP contribution in [0.3, 0.4) is 0 Å². The molecule has 0 bridgehead atoms. The van der Waals surface area contributed by atoms with E-state index >= 15 is 0 Å². The molecule has 20 heavy (non-hydrogen) atoms. The van der Waals surface area contributed by atoms with Crippen molar-refractivity contribution in [3.8, 4) is 0 Å². The standard InChI is InChI=1S/C12H24N2O4S2/c1-7(8(13)9(15)16)19-20-11(2,3)12(4,10(17)18)14(5)6/h7-8H,13H2,1-6H3,(H,15,16)(H,17,18)/t7?,8?,12-/m1/s1. The second-order valence-corrected chi connectivity index (χ2v) is 8.73. The van der Waals surface area contributed by atoms with Crippen molar-refractivity contribution in [3.63, 3.8) is 0 Å². The summed E-state index contributed by atoms with van der Waals surface area (Å²) in [7, 11) is 6.08. The molecule has 0 aromatic carbocycles. The molecule has 0 saturated heterocycles. The van der Waals surface area contributed by atoms with Gasteiger partial charge in [0.25, 0.3) is 0 Å². The normalized spacial score (nSPS) is 18.4. The zero-order valence-electron chi connectivity index (χ0n) is 12.7. The van der Waals surface area contributed by atoms with Gasteiger partial charge in [-0.25, -0.2) is 0 Å². The first-order valence-electron chi connectivity index (χ1n) is 6.11. The van der Waals surface area contributed by atoms with Crippen molar-refractivity contribution < 1.29 is 19.8 Å². The van der Waals surface area contributed by atoms with Gasteiger partial charge in [-0.3, -0.25) is 14.5 Å². The average Bonchev–Trinajstić information content (AvgIpc) is 2.32. The topological polar surface area (TPSA) is 104 Å². The Morgan fingerprint density at radius 1 is 1.20 bits per heavy atom. The molecule has 2 unspecified atom stereocenters. The maximum atomic E-state index is 11.6. The Bertz CT molecular complexity index is 376. The molecule has 0 spiro atoms. The second kappa shape index (κ2) is 7.02. The zero-order chi connectivity index (χ0) is 16.3. The Morgan fingerprint density at radius 2 is 1.65 bits per heavy atom. The quantitative estimate of drug-likeness (QED) is 0.575. The van der Waals surface area contributed by atoms with E-state index in [-0.39, 0.29) is 5.25 Å². The summed E-state index contributed by atoms with van der Waals surface area (Å²) in [5.74, 6) is -1.98. The number of carbonyl (C=O) groups is 2. The smallest absolute Gasteiger partial charge is 0.325 e. The maximum Gasteiger partial charge on any atom is 0.325 e. The van der Waals surface area contributed by atoms with Gasteiger partial charge in [-0.2, -0.15) is 0 Å². The number of carboxylic acids is 2. The Hall–Kier alpha value is -0.440. The summed E-state index contributed by atoms with van der Waals surface area (Å²) in [4.78, 5) is 24.1. The first-order chi connectivity index (χ1) is 8.87. The number of hydrogen-bond acceptors (Lipinski definition) is 6. The van der Waals surface area contributed by atoms with Crippen LogP contribution in [0.5, 0.6) is 0 Å². The first kappa shape index (κ1) is 19.6. The Balaban J connectivity index is 4.98. The van der Waals surface area contributed by atoms with Crippen molar-refractivity contribution in [1.29, 1.82) is 0 Å². The molecular formula is C12H24N2O4S2. The van der Waals surface area contributed by atoms with E-state index in [1.165, 1.54) is 21.6 Å². The van der Waals surface area contributed by atoms with Gasteiger partial charge in [0.1, 0.15) is 11.6 Å². The molecule has 0 saturated carbocycles. The predicted octanol–water partition coefficient (Wildman–Crippen LogP) is 1.35. The average molecular weight is 324 g/mol. The summed E-state index contributed by atoms with van der Waals surface area (Å²) in [5.41, 5.74) is 4.47. The van der Waals surface area contributed by atoms with E-state index in [4.69, 9.17) is 10.8 Å². The zero-order valence-corrected chi connectivity index (χ0v) is 14.3. The minimum atomic E-state index is -1.09. The van der Waals surface area contributed by atoms with E-state index in [2.05, 4.69) is 0 Å². The lowest BCUT2D eigenvalue weighted by Gasteiger charge is -2.44. The van der Waals surface area contributed by atoms with E-state index in [1.54, 1.807) is 32.8 Å². The van der Waals surface area contributed by atoms with Crippen LogP contribution in [-0.4, -0.2) is 62.7 Å². The first-order valence-corrected chi connectivity index (χ1v) is 8.33. The number of likely N-dealkylation sites (N-methyl/N-ethyl adjacent to an activating group) is 1. The van der Waals surface area contributed by atoms with Crippen LogP contribution in [0.2, 0.25) is 0 Å². The molecular weight excluding hydrogens is 300 g/mol. The van der Waals surface area contributed by atoms with Crippen LogP contribution in [0.4, 0.5) is 0 Å². The van der Waals surface area contributed by atoms with Crippen LogP contribution in [0, 0.1) is 0 Å². The molecule has 0 aliphatic heterocycles. The highest BCUT2D eigenvalue weighted by Crippen LogP contribution is 2.46. The molecule has 3 atom stereocenters. The molecule has 8 heteroatoms. The van der Waals surface area contributed by atoms with Gasteiger partial charge in [0.2, 0.25) is 0 Å². The lowest BCUT2D eigenvalue weighted by atomic mass is 9.86.